The Hall–Kier alpha value is -1.89. The van der Waals surface area contributed by atoms with Gasteiger partial charge in [-0.25, -0.2) is 4.98 Å². The number of oxazole rings is 1. The lowest BCUT2D eigenvalue weighted by atomic mass is 9.84. The second-order valence-corrected chi connectivity index (χ2v) is 8.06. The summed E-state index contributed by atoms with van der Waals surface area (Å²) >= 11 is 0. The first-order valence-corrected chi connectivity index (χ1v) is 10.6. The van der Waals surface area contributed by atoms with Crippen LogP contribution in [0.5, 0.6) is 5.75 Å². The van der Waals surface area contributed by atoms with Gasteiger partial charge >= 0.3 is 0 Å². The molecule has 2 atom stereocenters. The summed E-state index contributed by atoms with van der Waals surface area (Å²) in [6.07, 6.45) is 6.94. The third-order valence-corrected chi connectivity index (χ3v) is 6.36. The number of rotatable bonds is 6. The predicted octanol–water partition coefficient (Wildman–Crippen LogP) is 3.06. The van der Waals surface area contributed by atoms with Gasteiger partial charge in [-0.2, -0.15) is 0 Å². The lowest BCUT2D eigenvalue weighted by Crippen LogP contribution is -2.37. The quantitative estimate of drug-likeness (QED) is 0.715. The molecule has 0 bridgehead atoms. The van der Waals surface area contributed by atoms with E-state index in [-0.39, 0.29) is 5.92 Å². The van der Waals surface area contributed by atoms with Crippen LogP contribution in [0.25, 0.3) is 0 Å². The van der Waals surface area contributed by atoms with Crippen LogP contribution in [0.1, 0.15) is 48.1 Å². The van der Waals surface area contributed by atoms with Crippen LogP contribution >= 0.6 is 0 Å². The second kappa shape index (κ2) is 8.23. The number of hydrogen-bond donors (Lipinski definition) is 0. The minimum atomic E-state index is 0.266. The summed E-state index contributed by atoms with van der Waals surface area (Å²) in [5.74, 6) is 2.22. The van der Waals surface area contributed by atoms with E-state index >= 15 is 0 Å². The van der Waals surface area contributed by atoms with Gasteiger partial charge in [0.25, 0.3) is 0 Å². The third-order valence-electron chi connectivity index (χ3n) is 6.36. The Kier molecular flexibility index (Phi) is 5.34. The molecule has 0 saturated carbocycles. The molecule has 3 aliphatic heterocycles. The highest BCUT2D eigenvalue weighted by molar-refractivity contribution is 5.44. The first-order valence-electron chi connectivity index (χ1n) is 10.6. The molecule has 0 unspecified atom stereocenters. The van der Waals surface area contributed by atoms with E-state index in [1.807, 2.05) is 6.20 Å². The van der Waals surface area contributed by atoms with E-state index in [9.17, 15) is 0 Å². The number of nitrogens with zero attached hydrogens (tertiary/aromatic N) is 3. The Morgan fingerprint density at radius 3 is 2.93 bits per heavy atom. The number of hydrogen-bond acceptors (Lipinski definition) is 6. The predicted molar refractivity (Wildman–Crippen MR) is 106 cm³/mol. The third kappa shape index (κ3) is 3.69. The molecule has 1 aromatic heterocycles. The standard InChI is InChI=1S/C22H29N3O3/c1-3-21-19-13-17(27-10-2-6-24-8-11-26-12-9-24)4-5-18(19)20(15-25(21)7-1)22-14-23-16-28-22/h4-5,13-14,16,20-21H,1-3,6-12,15H2/t20-,21-/m0/s1. The summed E-state index contributed by atoms with van der Waals surface area (Å²) in [5.41, 5.74) is 2.79. The molecule has 2 aromatic rings. The minimum absolute atomic E-state index is 0.266. The summed E-state index contributed by atoms with van der Waals surface area (Å²) in [6, 6.07) is 7.16. The van der Waals surface area contributed by atoms with Crippen molar-refractivity contribution in [1.82, 2.24) is 14.8 Å². The van der Waals surface area contributed by atoms with Crippen molar-refractivity contribution in [2.75, 3.05) is 52.5 Å². The smallest absolute Gasteiger partial charge is 0.180 e. The molecule has 150 valence electrons. The molecule has 0 spiro atoms. The highest BCUT2D eigenvalue weighted by atomic mass is 16.5. The first-order chi connectivity index (χ1) is 13.9. The number of ether oxygens (including phenoxy) is 2. The van der Waals surface area contributed by atoms with E-state index in [1.54, 1.807) is 0 Å². The van der Waals surface area contributed by atoms with E-state index in [1.165, 1.54) is 36.9 Å². The van der Waals surface area contributed by atoms with Crippen LogP contribution in [0, 0.1) is 0 Å². The van der Waals surface area contributed by atoms with Crippen LogP contribution < -0.4 is 4.74 Å². The number of benzene rings is 1. The maximum Gasteiger partial charge on any atom is 0.180 e. The number of morpholine rings is 1. The average Bonchev–Trinajstić information content (AvgIpc) is 3.43. The lowest BCUT2D eigenvalue weighted by Gasteiger charge is -2.36. The van der Waals surface area contributed by atoms with Crippen molar-refractivity contribution in [1.29, 1.82) is 0 Å². The second-order valence-electron chi connectivity index (χ2n) is 8.06. The largest absolute Gasteiger partial charge is 0.494 e. The molecular formula is C22H29N3O3. The fourth-order valence-electron chi connectivity index (χ4n) is 4.92. The molecule has 0 radical (unpaired) electrons. The van der Waals surface area contributed by atoms with Gasteiger partial charge in [-0.1, -0.05) is 6.07 Å². The van der Waals surface area contributed by atoms with E-state index in [0.717, 1.165) is 63.9 Å². The number of fused-ring (bicyclic) bond motifs is 3. The van der Waals surface area contributed by atoms with E-state index in [0.29, 0.717) is 6.04 Å². The minimum Gasteiger partial charge on any atom is -0.494 e. The van der Waals surface area contributed by atoms with Crippen molar-refractivity contribution >= 4 is 0 Å². The normalized spacial score (nSPS) is 25.4. The van der Waals surface area contributed by atoms with Gasteiger partial charge in [-0.15, -0.1) is 0 Å². The van der Waals surface area contributed by atoms with Crippen molar-refractivity contribution in [2.24, 2.45) is 0 Å². The average molecular weight is 383 g/mol. The van der Waals surface area contributed by atoms with Gasteiger partial charge in [0.15, 0.2) is 6.39 Å². The molecule has 0 amide bonds. The summed E-state index contributed by atoms with van der Waals surface area (Å²) in [5, 5.41) is 0. The van der Waals surface area contributed by atoms with Gasteiger partial charge in [0.2, 0.25) is 0 Å². The Morgan fingerprint density at radius 2 is 2.07 bits per heavy atom. The molecule has 4 heterocycles. The molecule has 6 nitrogen and oxygen atoms in total. The van der Waals surface area contributed by atoms with Crippen molar-refractivity contribution in [3.63, 3.8) is 0 Å². The summed E-state index contributed by atoms with van der Waals surface area (Å²) in [4.78, 5) is 9.19. The topological polar surface area (TPSA) is 51.0 Å². The SMILES string of the molecule is c1ncc([C@H]2CN3CCC[C@H]3c3cc(OCCCN4CCOCC4)ccc32)o1. The fraction of sp³-hybridized carbons (Fsp3) is 0.591. The van der Waals surface area contributed by atoms with Crippen LogP contribution in [-0.4, -0.2) is 67.3 Å². The monoisotopic (exact) mass is 383 g/mol. The van der Waals surface area contributed by atoms with Crippen LogP contribution in [-0.2, 0) is 4.74 Å². The molecule has 2 fully saturated rings. The van der Waals surface area contributed by atoms with Gasteiger partial charge < -0.3 is 13.9 Å². The van der Waals surface area contributed by atoms with Crippen molar-refractivity contribution in [3.05, 3.63) is 47.7 Å². The molecule has 5 rings (SSSR count). The van der Waals surface area contributed by atoms with Crippen molar-refractivity contribution in [3.8, 4) is 5.75 Å². The maximum atomic E-state index is 6.13. The molecule has 6 heteroatoms. The molecule has 3 aliphatic rings. The van der Waals surface area contributed by atoms with Gasteiger partial charge in [0.1, 0.15) is 11.5 Å². The Labute approximate surface area is 166 Å². The molecule has 1 aromatic carbocycles. The summed E-state index contributed by atoms with van der Waals surface area (Å²) in [7, 11) is 0. The summed E-state index contributed by atoms with van der Waals surface area (Å²) in [6.45, 7) is 7.82. The lowest BCUT2D eigenvalue weighted by molar-refractivity contribution is 0.0358. The van der Waals surface area contributed by atoms with E-state index in [4.69, 9.17) is 13.9 Å². The zero-order valence-electron chi connectivity index (χ0n) is 16.4. The van der Waals surface area contributed by atoms with E-state index in [2.05, 4.69) is 33.0 Å². The highest BCUT2D eigenvalue weighted by Crippen LogP contribution is 2.45. The molecule has 28 heavy (non-hydrogen) atoms. The Morgan fingerprint density at radius 1 is 1.14 bits per heavy atom. The van der Waals surface area contributed by atoms with Gasteiger partial charge in [-0.05, 0) is 49.1 Å². The number of aromatic nitrogens is 1. The summed E-state index contributed by atoms with van der Waals surface area (Å²) < 4.78 is 17.2. The zero-order chi connectivity index (χ0) is 18.8. The fourth-order valence-corrected chi connectivity index (χ4v) is 4.92. The molecule has 0 aliphatic carbocycles. The Bertz CT molecular complexity index is 773. The molecule has 0 N–H and O–H groups in total. The van der Waals surface area contributed by atoms with Crippen molar-refractivity contribution < 1.29 is 13.9 Å². The van der Waals surface area contributed by atoms with Crippen LogP contribution in [0.4, 0.5) is 0 Å². The Balaban J connectivity index is 1.27. The van der Waals surface area contributed by atoms with Gasteiger partial charge in [0, 0.05) is 32.2 Å². The molecular weight excluding hydrogens is 354 g/mol. The van der Waals surface area contributed by atoms with Gasteiger partial charge in [-0.3, -0.25) is 9.80 Å². The zero-order valence-corrected chi connectivity index (χ0v) is 16.4. The maximum absolute atomic E-state index is 6.13. The first kappa shape index (κ1) is 18.2. The highest BCUT2D eigenvalue weighted by Gasteiger charge is 2.37. The van der Waals surface area contributed by atoms with Crippen LogP contribution in [0.2, 0.25) is 0 Å². The van der Waals surface area contributed by atoms with Crippen LogP contribution in [0.15, 0.2) is 35.2 Å². The van der Waals surface area contributed by atoms with Crippen LogP contribution in [0.3, 0.4) is 0 Å². The molecule has 2 saturated heterocycles. The van der Waals surface area contributed by atoms with E-state index < -0.39 is 0 Å². The van der Waals surface area contributed by atoms with Gasteiger partial charge in [0.05, 0.1) is 31.9 Å². The van der Waals surface area contributed by atoms with Crippen molar-refractivity contribution in [2.45, 2.75) is 31.2 Å².